The Balaban J connectivity index is 2.59. The molecule has 6 nitrogen and oxygen atoms in total. The second-order valence-electron chi connectivity index (χ2n) is 4.00. The summed E-state index contributed by atoms with van der Waals surface area (Å²) in [5.74, 6) is 0.0721. The van der Waals surface area contributed by atoms with Gasteiger partial charge in [0.2, 0.25) is 0 Å². The van der Waals surface area contributed by atoms with Crippen molar-refractivity contribution < 1.29 is 9.53 Å². The molecule has 0 aliphatic heterocycles. The van der Waals surface area contributed by atoms with E-state index in [0.29, 0.717) is 22.1 Å². The molecular formula is C13H11ClN4O2. The Hall–Kier alpha value is -2.52. The highest BCUT2D eigenvalue weighted by atomic mass is 35.5. The molecule has 0 aliphatic carbocycles. The topological polar surface area (TPSA) is 93.9 Å². The molecule has 0 atom stereocenters. The first-order valence-electron chi connectivity index (χ1n) is 5.62. The molecule has 2 aromatic rings. The zero-order valence-corrected chi connectivity index (χ0v) is 11.6. The highest BCUT2D eigenvalue weighted by molar-refractivity contribution is 6.31. The molecular weight excluding hydrogens is 280 g/mol. The Morgan fingerprint density at radius 1 is 1.55 bits per heavy atom. The van der Waals surface area contributed by atoms with Crippen LogP contribution in [-0.2, 0) is 4.74 Å². The first kappa shape index (κ1) is 13.9. The fraction of sp³-hybridized carbons (Fsp3) is 0.154. The van der Waals surface area contributed by atoms with E-state index in [0.717, 1.165) is 0 Å². The first-order chi connectivity index (χ1) is 9.49. The summed E-state index contributed by atoms with van der Waals surface area (Å²) in [6.07, 6.45) is 0. The summed E-state index contributed by atoms with van der Waals surface area (Å²) in [7, 11) is 1.26. The fourth-order valence-corrected chi connectivity index (χ4v) is 2.07. The van der Waals surface area contributed by atoms with E-state index in [-0.39, 0.29) is 11.5 Å². The summed E-state index contributed by atoms with van der Waals surface area (Å²) in [6.45, 7) is 1.70. The molecule has 0 spiro atoms. The number of carbonyl (C=O) groups excluding carboxylic acids is 1. The minimum atomic E-state index is -0.607. The summed E-state index contributed by atoms with van der Waals surface area (Å²) < 4.78 is 6.19. The second-order valence-corrected chi connectivity index (χ2v) is 4.40. The van der Waals surface area contributed by atoms with Gasteiger partial charge in [0.05, 0.1) is 23.4 Å². The van der Waals surface area contributed by atoms with Crippen molar-refractivity contribution in [2.75, 3.05) is 12.8 Å². The maximum Gasteiger partial charge on any atom is 0.360 e. The van der Waals surface area contributed by atoms with Crippen LogP contribution in [0.15, 0.2) is 18.2 Å². The summed E-state index contributed by atoms with van der Waals surface area (Å²) in [5.41, 5.74) is 6.95. The number of esters is 1. The van der Waals surface area contributed by atoms with E-state index in [1.165, 1.54) is 7.11 Å². The van der Waals surface area contributed by atoms with Crippen molar-refractivity contribution in [3.63, 3.8) is 0 Å². The van der Waals surface area contributed by atoms with Crippen LogP contribution < -0.4 is 5.73 Å². The van der Waals surface area contributed by atoms with E-state index in [1.54, 1.807) is 29.7 Å². The summed E-state index contributed by atoms with van der Waals surface area (Å²) in [6, 6.07) is 6.82. The maximum absolute atomic E-state index is 11.6. The Bertz CT molecular complexity index is 731. The minimum Gasteiger partial charge on any atom is -0.464 e. The van der Waals surface area contributed by atoms with Crippen LogP contribution in [0.3, 0.4) is 0 Å². The number of halogens is 1. The standard InChI is InChI=1S/C13H11ClN4O2/c1-7-17-11(13(19)20-2)12(16)18(7)9-4-3-8(6-15)10(14)5-9/h3-5H,16H2,1-2H3. The quantitative estimate of drug-likeness (QED) is 0.855. The maximum atomic E-state index is 11.6. The molecule has 1 heterocycles. The van der Waals surface area contributed by atoms with Crippen molar-refractivity contribution in [3.05, 3.63) is 40.3 Å². The van der Waals surface area contributed by atoms with Gasteiger partial charge in [-0.25, -0.2) is 9.78 Å². The van der Waals surface area contributed by atoms with Crippen LogP contribution in [0.4, 0.5) is 5.82 Å². The monoisotopic (exact) mass is 290 g/mol. The van der Waals surface area contributed by atoms with E-state index >= 15 is 0 Å². The van der Waals surface area contributed by atoms with Crippen LogP contribution in [0.5, 0.6) is 0 Å². The number of nitriles is 1. The average molecular weight is 291 g/mol. The van der Waals surface area contributed by atoms with Crippen molar-refractivity contribution in [1.82, 2.24) is 9.55 Å². The summed E-state index contributed by atoms with van der Waals surface area (Å²) >= 11 is 5.99. The van der Waals surface area contributed by atoms with Gasteiger partial charge in [0.15, 0.2) is 5.69 Å². The van der Waals surface area contributed by atoms with Crippen molar-refractivity contribution in [1.29, 1.82) is 5.26 Å². The van der Waals surface area contributed by atoms with Crippen molar-refractivity contribution in [2.24, 2.45) is 0 Å². The minimum absolute atomic E-state index is 0.0467. The van der Waals surface area contributed by atoms with E-state index < -0.39 is 5.97 Å². The lowest BCUT2D eigenvalue weighted by Gasteiger charge is -2.08. The molecule has 0 unspecified atom stereocenters. The molecule has 7 heteroatoms. The van der Waals surface area contributed by atoms with Gasteiger partial charge in [0.1, 0.15) is 17.7 Å². The van der Waals surface area contributed by atoms with Crippen LogP contribution in [0.1, 0.15) is 21.9 Å². The van der Waals surface area contributed by atoms with Gasteiger partial charge in [-0.15, -0.1) is 0 Å². The number of hydrogen-bond acceptors (Lipinski definition) is 5. The van der Waals surface area contributed by atoms with Crippen LogP contribution in [-0.4, -0.2) is 22.6 Å². The lowest BCUT2D eigenvalue weighted by molar-refractivity contribution is 0.0596. The third-order valence-corrected chi connectivity index (χ3v) is 3.10. The van der Waals surface area contributed by atoms with E-state index in [9.17, 15) is 4.79 Å². The third kappa shape index (κ3) is 2.19. The van der Waals surface area contributed by atoms with Gasteiger partial charge < -0.3 is 10.5 Å². The zero-order valence-electron chi connectivity index (χ0n) is 10.8. The van der Waals surface area contributed by atoms with Crippen LogP contribution in [0, 0.1) is 18.3 Å². The Morgan fingerprint density at radius 2 is 2.25 bits per heavy atom. The van der Waals surface area contributed by atoms with Crippen LogP contribution in [0.2, 0.25) is 5.02 Å². The van der Waals surface area contributed by atoms with Crippen LogP contribution in [0.25, 0.3) is 5.69 Å². The molecule has 0 bridgehead atoms. The fourth-order valence-electron chi connectivity index (χ4n) is 1.86. The molecule has 0 radical (unpaired) electrons. The molecule has 0 amide bonds. The number of nitrogens with zero attached hydrogens (tertiary/aromatic N) is 3. The molecule has 2 N–H and O–H groups in total. The molecule has 0 aliphatic rings. The number of hydrogen-bond donors (Lipinski definition) is 1. The number of benzene rings is 1. The number of imidazole rings is 1. The lowest BCUT2D eigenvalue weighted by atomic mass is 10.2. The van der Waals surface area contributed by atoms with Gasteiger partial charge >= 0.3 is 5.97 Å². The number of methoxy groups -OCH3 is 1. The predicted molar refractivity (Wildman–Crippen MR) is 73.8 cm³/mol. The number of aromatic nitrogens is 2. The zero-order chi connectivity index (χ0) is 14.9. The van der Waals surface area contributed by atoms with Crippen LogP contribution >= 0.6 is 11.6 Å². The summed E-state index contributed by atoms with van der Waals surface area (Å²) in [4.78, 5) is 15.6. The second kappa shape index (κ2) is 5.23. The molecule has 0 saturated heterocycles. The first-order valence-corrected chi connectivity index (χ1v) is 6.00. The van der Waals surface area contributed by atoms with Crippen molar-refractivity contribution >= 4 is 23.4 Å². The average Bonchev–Trinajstić information content (AvgIpc) is 2.73. The molecule has 0 fully saturated rings. The predicted octanol–water partition coefficient (Wildman–Crippen LogP) is 2.07. The van der Waals surface area contributed by atoms with Gasteiger partial charge in [0.25, 0.3) is 0 Å². The Morgan fingerprint density at radius 3 is 2.80 bits per heavy atom. The van der Waals surface area contributed by atoms with Crippen molar-refractivity contribution in [2.45, 2.75) is 6.92 Å². The number of ether oxygens (including phenoxy) is 1. The Kier molecular flexibility index (Phi) is 3.63. The van der Waals surface area contributed by atoms with E-state index in [1.807, 2.05) is 6.07 Å². The van der Waals surface area contributed by atoms with Gasteiger partial charge in [-0.2, -0.15) is 5.26 Å². The molecule has 1 aromatic carbocycles. The lowest BCUT2D eigenvalue weighted by Crippen LogP contribution is -2.07. The smallest absolute Gasteiger partial charge is 0.360 e. The normalized spacial score (nSPS) is 10.1. The van der Waals surface area contributed by atoms with Gasteiger partial charge in [-0.3, -0.25) is 4.57 Å². The molecule has 2 rings (SSSR count). The highest BCUT2D eigenvalue weighted by Crippen LogP contribution is 2.25. The van der Waals surface area contributed by atoms with E-state index in [2.05, 4.69) is 9.72 Å². The molecule has 0 saturated carbocycles. The number of nitrogens with two attached hydrogens (primary N) is 1. The number of aryl methyl sites for hydroxylation is 1. The number of carbonyl (C=O) groups is 1. The number of rotatable bonds is 2. The molecule has 1 aromatic heterocycles. The third-order valence-electron chi connectivity index (χ3n) is 2.79. The Labute approximate surface area is 120 Å². The largest absolute Gasteiger partial charge is 0.464 e. The molecule has 20 heavy (non-hydrogen) atoms. The summed E-state index contributed by atoms with van der Waals surface area (Å²) in [5, 5.41) is 9.16. The van der Waals surface area contributed by atoms with Gasteiger partial charge in [0, 0.05) is 0 Å². The highest BCUT2D eigenvalue weighted by Gasteiger charge is 2.20. The SMILES string of the molecule is COC(=O)c1nc(C)n(-c2ccc(C#N)c(Cl)c2)c1N. The number of nitrogen functional groups attached to an aromatic ring is 1. The van der Waals surface area contributed by atoms with Crippen molar-refractivity contribution in [3.8, 4) is 11.8 Å². The van der Waals surface area contributed by atoms with Gasteiger partial charge in [-0.05, 0) is 25.1 Å². The van der Waals surface area contributed by atoms with E-state index in [4.69, 9.17) is 22.6 Å². The number of anilines is 1. The molecule has 102 valence electrons. The van der Waals surface area contributed by atoms with Gasteiger partial charge in [-0.1, -0.05) is 11.6 Å².